The second kappa shape index (κ2) is 9.68. The zero-order valence-corrected chi connectivity index (χ0v) is 19.2. The van der Waals surface area contributed by atoms with Crippen molar-refractivity contribution in [2.24, 2.45) is 0 Å². The lowest BCUT2D eigenvalue weighted by molar-refractivity contribution is 0.208. The van der Waals surface area contributed by atoms with Crippen LogP contribution in [-0.4, -0.2) is 48.8 Å². The van der Waals surface area contributed by atoms with E-state index in [-0.39, 0.29) is 25.9 Å². The van der Waals surface area contributed by atoms with Gasteiger partial charge in [0.25, 0.3) is 10.2 Å². The van der Waals surface area contributed by atoms with Gasteiger partial charge in [-0.2, -0.15) is 22.5 Å². The van der Waals surface area contributed by atoms with Crippen LogP contribution in [0.5, 0.6) is 0 Å². The van der Waals surface area contributed by atoms with Gasteiger partial charge in [-0.05, 0) is 50.2 Å². The molecule has 7 nitrogen and oxygen atoms in total. The van der Waals surface area contributed by atoms with Gasteiger partial charge in [-0.3, -0.25) is 5.32 Å². The van der Waals surface area contributed by atoms with Gasteiger partial charge in [0.2, 0.25) is 0 Å². The van der Waals surface area contributed by atoms with Gasteiger partial charge >= 0.3 is 0 Å². The molecule has 4 rings (SSSR count). The Bertz CT molecular complexity index is 1150. The van der Waals surface area contributed by atoms with Crippen LogP contribution in [0.2, 0.25) is 5.02 Å². The fraction of sp³-hybridized carbons (Fsp3) is 0.318. The summed E-state index contributed by atoms with van der Waals surface area (Å²) in [7, 11) is -2.16. The van der Waals surface area contributed by atoms with Crippen molar-refractivity contribution in [3.05, 3.63) is 71.4 Å². The highest BCUT2D eigenvalue weighted by molar-refractivity contribution is 7.87. The van der Waals surface area contributed by atoms with Gasteiger partial charge in [-0.25, -0.2) is 9.07 Å². The van der Waals surface area contributed by atoms with Crippen LogP contribution in [0.1, 0.15) is 24.7 Å². The van der Waals surface area contributed by atoms with E-state index in [2.05, 4.69) is 10.0 Å². The first kappa shape index (κ1) is 22.9. The molecule has 1 unspecified atom stereocenters. The van der Waals surface area contributed by atoms with Crippen LogP contribution in [0.4, 0.5) is 4.39 Å². The smallest absolute Gasteiger partial charge is 0.281 e. The third kappa shape index (κ3) is 5.02. The van der Waals surface area contributed by atoms with Gasteiger partial charge < -0.3 is 0 Å². The van der Waals surface area contributed by atoms with E-state index in [1.165, 1.54) is 4.31 Å². The van der Waals surface area contributed by atoms with Crippen molar-refractivity contribution in [1.29, 1.82) is 0 Å². The first-order valence-electron chi connectivity index (χ1n) is 10.4. The summed E-state index contributed by atoms with van der Waals surface area (Å²) >= 11 is 6.04. The van der Waals surface area contributed by atoms with Crippen LogP contribution >= 0.6 is 11.6 Å². The Morgan fingerprint density at radius 2 is 1.75 bits per heavy atom. The number of hydrogen-bond acceptors (Lipinski definition) is 4. The van der Waals surface area contributed by atoms with E-state index in [4.69, 9.17) is 16.7 Å². The minimum absolute atomic E-state index is 0.154. The van der Waals surface area contributed by atoms with Gasteiger partial charge in [0.05, 0.1) is 17.1 Å². The maximum Gasteiger partial charge on any atom is 0.281 e. The predicted molar refractivity (Wildman–Crippen MR) is 124 cm³/mol. The molecular formula is C22H25ClFN5O2S. The molecule has 1 aromatic heterocycles. The van der Waals surface area contributed by atoms with E-state index in [9.17, 15) is 12.8 Å². The molecule has 1 fully saturated rings. The molecule has 0 amide bonds. The third-order valence-corrected chi connectivity index (χ3v) is 7.27. The maximum atomic E-state index is 13.5. The van der Waals surface area contributed by atoms with Crippen molar-refractivity contribution in [1.82, 2.24) is 24.1 Å². The molecule has 32 heavy (non-hydrogen) atoms. The minimum atomic E-state index is -3.82. The Morgan fingerprint density at radius 3 is 2.38 bits per heavy atom. The molecule has 0 radical (unpaired) electrons. The van der Waals surface area contributed by atoms with Crippen molar-refractivity contribution in [2.75, 3.05) is 20.1 Å². The molecule has 10 heteroatoms. The Kier molecular flexibility index (Phi) is 6.92. The third-order valence-electron chi connectivity index (χ3n) is 5.44. The van der Waals surface area contributed by atoms with Gasteiger partial charge in [0.1, 0.15) is 12.3 Å². The molecule has 2 N–H and O–H groups in total. The number of nitrogens with zero attached hydrogens (tertiary/aromatic N) is 3. The van der Waals surface area contributed by atoms with Crippen LogP contribution in [0.15, 0.2) is 60.7 Å². The Balaban J connectivity index is 1.68. The summed E-state index contributed by atoms with van der Waals surface area (Å²) in [5.41, 5.74) is 3.04. The summed E-state index contributed by atoms with van der Waals surface area (Å²) in [6.45, 7) is 0.308. The second-order valence-corrected chi connectivity index (χ2v) is 9.77. The summed E-state index contributed by atoms with van der Waals surface area (Å²) in [6, 6.07) is 18.8. The highest BCUT2D eigenvalue weighted by Crippen LogP contribution is 2.27. The lowest BCUT2D eigenvalue weighted by Crippen LogP contribution is -2.48. The molecule has 1 saturated heterocycles. The molecule has 1 atom stereocenters. The Morgan fingerprint density at radius 1 is 1.09 bits per heavy atom. The molecule has 0 bridgehead atoms. The van der Waals surface area contributed by atoms with Crippen LogP contribution < -0.4 is 10.0 Å². The number of nitrogens with one attached hydrogen (secondary N) is 2. The Labute approximate surface area is 192 Å². The van der Waals surface area contributed by atoms with Crippen LogP contribution in [0, 0.1) is 0 Å². The largest absolute Gasteiger partial charge is 0.299 e. The number of halogens is 2. The summed E-state index contributed by atoms with van der Waals surface area (Å²) in [6.07, 6.45) is -1.31. The number of alkyl halides is 1. The van der Waals surface area contributed by atoms with Crippen molar-refractivity contribution in [3.63, 3.8) is 0 Å². The number of benzene rings is 2. The van der Waals surface area contributed by atoms with Crippen molar-refractivity contribution in [3.8, 4) is 16.9 Å². The highest BCUT2D eigenvalue weighted by Gasteiger charge is 2.31. The Hall–Kier alpha value is -2.30. The number of aromatic nitrogens is 2. The minimum Gasteiger partial charge on any atom is -0.299 e. The van der Waals surface area contributed by atoms with Gasteiger partial charge in [0.15, 0.2) is 0 Å². The molecular weight excluding hydrogens is 453 g/mol. The van der Waals surface area contributed by atoms with E-state index in [1.54, 1.807) is 23.9 Å². The molecule has 170 valence electrons. The maximum absolute atomic E-state index is 13.5. The van der Waals surface area contributed by atoms with E-state index in [0.29, 0.717) is 10.7 Å². The number of piperidine rings is 1. The lowest BCUT2D eigenvalue weighted by atomic mass is 10.1. The fourth-order valence-electron chi connectivity index (χ4n) is 3.69. The van der Waals surface area contributed by atoms with E-state index in [1.807, 2.05) is 48.5 Å². The van der Waals surface area contributed by atoms with Crippen molar-refractivity contribution < 1.29 is 12.8 Å². The molecule has 1 aliphatic heterocycles. The van der Waals surface area contributed by atoms with E-state index in [0.717, 1.165) is 16.9 Å². The molecule has 2 heterocycles. The zero-order chi connectivity index (χ0) is 22.7. The zero-order valence-electron chi connectivity index (χ0n) is 17.6. The average Bonchev–Trinajstić information content (AvgIpc) is 3.24. The molecule has 3 aromatic rings. The molecule has 1 aliphatic rings. The average molecular weight is 478 g/mol. The standard InChI is InChI=1S/C22H25ClFN5O2S/c1-25-22(27-32(30,31)28-13-11-18(24)12-14-28)20-15-21(16-5-3-2-4-6-16)29(26-20)19-9-7-17(23)8-10-19/h2-10,15,18,22,25,27H,11-14H2,1H3. The van der Waals surface area contributed by atoms with Gasteiger partial charge in [-0.1, -0.05) is 41.9 Å². The van der Waals surface area contributed by atoms with Crippen molar-refractivity contribution >= 4 is 21.8 Å². The predicted octanol–water partition coefficient (Wildman–Crippen LogP) is 3.68. The fourth-order valence-corrected chi connectivity index (χ4v) is 5.19. The quantitative estimate of drug-likeness (QED) is 0.509. The molecule has 0 spiro atoms. The normalized spacial score (nSPS) is 16.8. The topological polar surface area (TPSA) is 79.3 Å². The van der Waals surface area contributed by atoms with Crippen molar-refractivity contribution in [2.45, 2.75) is 25.2 Å². The van der Waals surface area contributed by atoms with Crippen LogP contribution in [-0.2, 0) is 10.2 Å². The number of hydrogen-bond donors (Lipinski definition) is 2. The summed E-state index contributed by atoms with van der Waals surface area (Å²) < 4.78 is 45.0. The lowest BCUT2D eigenvalue weighted by Gasteiger charge is -2.29. The monoisotopic (exact) mass is 477 g/mol. The molecule has 0 aliphatic carbocycles. The van der Waals surface area contributed by atoms with E-state index < -0.39 is 22.5 Å². The van der Waals surface area contributed by atoms with Crippen LogP contribution in [0.25, 0.3) is 16.9 Å². The van der Waals surface area contributed by atoms with Gasteiger partial charge in [0, 0.05) is 23.7 Å². The SMILES string of the molecule is CNC(NS(=O)(=O)N1CCC(F)CC1)c1cc(-c2ccccc2)n(-c2ccc(Cl)cc2)n1. The van der Waals surface area contributed by atoms with Crippen LogP contribution in [0.3, 0.4) is 0 Å². The van der Waals surface area contributed by atoms with E-state index >= 15 is 0 Å². The molecule has 0 saturated carbocycles. The summed E-state index contributed by atoms with van der Waals surface area (Å²) in [5.74, 6) is 0. The first-order valence-corrected chi connectivity index (χ1v) is 12.2. The second-order valence-electron chi connectivity index (χ2n) is 7.63. The van der Waals surface area contributed by atoms with Gasteiger partial charge in [-0.15, -0.1) is 0 Å². The highest BCUT2D eigenvalue weighted by atomic mass is 35.5. The summed E-state index contributed by atoms with van der Waals surface area (Å²) in [5, 5.41) is 8.30. The number of rotatable bonds is 7. The first-order chi connectivity index (χ1) is 15.4. The summed E-state index contributed by atoms with van der Waals surface area (Å²) in [4.78, 5) is 0. The molecule has 2 aromatic carbocycles.